The average molecular weight is 252 g/mol. The normalized spacial score (nSPS) is 23.3. The summed E-state index contributed by atoms with van der Waals surface area (Å²) in [6.45, 7) is 12.1. The van der Waals surface area contributed by atoms with Crippen molar-refractivity contribution in [3.05, 3.63) is 12.7 Å². The largest absolute Gasteiger partial charge is 0.344 e. The highest BCUT2D eigenvalue weighted by molar-refractivity contribution is 5.90. The van der Waals surface area contributed by atoms with E-state index in [1.807, 2.05) is 33.8 Å². The highest BCUT2D eigenvalue weighted by atomic mass is 16.2. The van der Waals surface area contributed by atoms with Gasteiger partial charge >= 0.3 is 0 Å². The van der Waals surface area contributed by atoms with Gasteiger partial charge in [-0.2, -0.15) is 0 Å². The van der Waals surface area contributed by atoms with Crippen molar-refractivity contribution >= 4 is 11.8 Å². The summed E-state index contributed by atoms with van der Waals surface area (Å²) >= 11 is 0. The summed E-state index contributed by atoms with van der Waals surface area (Å²) in [7, 11) is 0. The first kappa shape index (κ1) is 14.7. The molecule has 2 unspecified atom stereocenters. The maximum absolute atomic E-state index is 12.5. The third kappa shape index (κ3) is 3.34. The molecule has 0 radical (unpaired) electrons. The molecule has 1 rings (SSSR count). The van der Waals surface area contributed by atoms with Gasteiger partial charge in [0.2, 0.25) is 11.8 Å². The van der Waals surface area contributed by atoms with Crippen LogP contribution in [0.4, 0.5) is 0 Å². The molecule has 102 valence electrons. The number of hydrogen-bond acceptors (Lipinski definition) is 2. The van der Waals surface area contributed by atoms with Gasteiger partial charge in [0.05, 0.1) is 0 Å². The summed E-state index contributed by atoms with van der Waals surface area (Å²) in [6, 6.07) is -0.354. The van der Waals surface area contributed by atoms with Crippen LogP contribution in [0.1, 0.15) is 40.5 Å². The zero-order valence-corrected chi connectivity index (χ0v) is 11.8. The van der Waals surface area contributed by atoms with Gasteiger partial charge in [-0.15, -0.1) is 6.58 Å². The van der Waals surface area contributed by atoms with Gasteiger partial charge in [-0.25, -0.2) is 0 Å². The summed E-state index contributed by atoms with van der Waals surface area (Å²) in [4.78, 5) is 26.0. The summed E-state index contributed by atoms with van der Waals surface area (Å²) < 4.78 is 0. The molecule has 0 aromatic heterocycles. The van der Waals surface area contributed by atoms with Crippen molar-refractivity contribution in [3.8, 4) is 0 Å². The Labute approximate surface area is 109 Å². The molecule has 0 aliphatic carbocycles. The number of carbonyl (C=O) groups is 2. The summed E-state index contributed by atoms with van der Waals surface area (Å²) in [5.74, 6) is -0.0284. The van der Waals surface area contributed by atoms with Crippen LogP contribution in [-0.2, 0) is 9.59 Å². The Hall–Kier alpha value is -1.32. The molecule has 4 heteroatoms. The molecule has 0 aromatic rings. The van der Waals surface area contributed by atoms with Gasteiger partial charge in [-0.1, -0.05) is 26.8 Å². The molecule has 1 aliphatic rings. The number of amides is 2. The Morgan fingerprint density at radius 2 is 2.11 bits per heavy atom. The molecule has 2 amide bonds. The number of rotatable bonds is 3. The van der Waals surface area contributed by atoms with Gasteiger partial charge in [0.25, 0.3) is 0 Å². The van der Waals surface area contributed by atoms with E-state index in [2.05, 4.69) is 11.9 Å². The molecule has 0 saturated carbocycles. The minimum Gasteiger partial charge on any atom is -0.344 e. The molecule has 18 heavy (non-hydrogen) atoms. The smallest absolute Gasteiger partial charge is 0.245 e. The fourth-order valence-corrected chi connectivity index (χ4v) is 2.19. The second kappa shape index (κ2) is 5.55. The molecule has 1 saturated heterocycles. The van der Waals surface area contributed by atoms with Gasteiger partial charge in [0, 0.05) is 19.0 Å². The third-order valence-corrected chi connectivity index (χ3v) is 3.32. The molecule has 0 bridgehead atoms. The van der Waals surface area contributed by atoms with Crippen LogP contribution >= 0.6 is 0 Å². The first-order valence-corrected chi connectivity index (χ1v) is 6.48. The zero-order valence-electron chi connectivity index (χ0n) is 11.8. The van der Waals surface area contributed by atoms with Crippen LogP contribution in [-0.4, -0.2) is 35.3 Å². The minimum atomic E-state index is -0.445. The average Bonchev–Trinajstić information content (AvgIpc) is 2.38. The molecule has 1 heterocycles. The second-order valence-electron chi connectivity index (χ2n) is 6.02. The Morgan fingerprint density at radius 1 is 1.50 bits per heavy atom. The fourth-order valence-electron chi connectivity index (χ4n) is 2.19. The van der Waals surface area contributed by atoms with Crippen LogP contribution in [0.5, 0.6) is 0 Å². The lowest BCUT2D eigenvalue weighted by Gasteiger charge is -2.34. The molecule has 2 atom stereocenters. The Kier molecular flexibility index (Phi) is 4.54. The van der Waals surface area contributed by atoms with Gasteiger partial charge in [-0.05, 0) is 18.8 Å². The Bertz CT molecular complexity index is 344. The summed E-state index contributed by atoms with van der Waals surface area (Å²) in [5.41, 5.74) is -0.275. The highest BCUT2D eigenvalue weighted by Gasteiger charge is 2.38. The van der Waals surface area contributed by atoms with Crippen LogP contribution in [0.15, 0.2) is 12.7 Å². The molecule has 0 aromatic carbocycles. The highest BCUT2D eigenvalue weighted by Crippen LogP contribution is 2.24. The minimum absolute atomic E-state index is 0.0164. The number of nitrogens with one attached hydrogen (secondary N) is 1. The first-order valence-electron chi connectivity index (χ1n) is 6.48. The van der Waals surface area contributed by atoms with Gasteiger partial charge in [0.15, 0.2) is 0 Å². The van der Waals surface area contributed by atoms with Crippen molar-refractivity contribution in [3.63, 3.8) is 0 Å². The molecule has 1 fully saturated rings. The van der Waals surface area contributed by atoms with E-state index >= 15 is 0 Å². The van der Waals surface area contributed by atoms with E-state index in [-0.39, 0.29) is 23.3 Å². The van der Waals surface area contributed by atoms with E-state index in [9.17, 15) is 9.59 Å². The molecular weight excluding hydrogens is 228 g/mol. The SMILES string of the molecule is C=CCC(C)N1CCC(=O)NC(C(C)(C)C)C1=O. The zero-order chi connectivity index (χ0) is 13.9. The third-order valence-electron chi connectivity index (χ3n) is 3.32. The van der Waals surface area contributed by atoms with Crippen LogP contribution in [0.25, 0.3) is 0 Å². The summed E-state index contributed by atoms with van der Waals surface area (Å²) in [5, 5.41) is 2.84. The van der Waals surface area contributed by atoms with Crippen molar-refractivity contribution in [2.45, 2.75) is 52.6 Å². The molecule has 4 nitrogen and oxygen atoms in total. The lowest BCUT2D eigenvalue weighted by Crippen LogP contribution is -2.53. The van der Waals surface area contributed by atoms with Gasteiger partial charge < -0.3 is 10.2 Å². The Morgan fingerprint density at radius 3 is 2.61 bits per heavy atom. The molecule has 0 spiro atoms. The monoisotopic (exact) mass is 252 g/mol. The standard InChI is InChI=1S/C14H24N2O2/c1-6-7-10(2)16-9-8-11(17)15-12(13(16)18)14(3,4)5/h6,10,12H,1,7-9H2,2-5H3,(H,15,17). The second-order valence-corrected chi connectivity index (χ2v) is 6.02. The van der Waals surface area contributed by atoms with E-state index in [1.54, 1.807) is 4.90 Å². The first-order chi connectivity index (χ1) is 8.27. The van der Waals surface area contributed by atoms with Crippen molar-refractivity contribution in [1.82, 2.24) is 10.2 Å². The van der Waals surface area contributed by atoms with Crippen LogP contribution in [0, 0.1) is 5.41 Å². The van der Waals surface area contributed by atoms with Crippen LogP contribution < -0.4 is 5.32 Å². The van der Waals surface area contributed by atoms with Crippen LogP contribution in [0.2, 0.25) is 0 Å². The number of nitrogens with zero attached hydrogens (tertiary/aromatic N) is 1. The molecular formula is C14H24N2O2. The maximum atomic E-state index is 12.5. The maximum Gasteiger partial charge on any atom is 0.245 e. The molecule has 1 aliphatic heterocycles. The molecule has 1 N–H and O–H groups in total. The van der Waals surface area contributed by atoms with E-state index in [0.717, 1.165) is 6.42 Å². The van der Waals surface area contributed by atoms with Crippen molar-refractivity contribution in [2.24, 2.45) is 5.41 Å². The van der Waals surface area contributed by atoms with Crippen molar-refractivity contribution in [1.29, 1.82) is 0 Å². The fraction of sp³-hybridized carbons (Fsp3) is 0.714. The lowest BCUT2D eigenvalue weighted by molar-refractivity contribution is -0.138. The lowest BCUT2D eigenvalue weighted by atomic mass is 9.85. The van der Waals surface area contributed by atoms with Gasteiger partial charge in [-0.3, -0.25) is 9.59 Å². The van der Waals surface area contributed by atoms with Crippen molar-refractivity contribution in [2.75, 3.05) is 6.54 Å². The predicted molar refractivity (Wildman–Crippen MR) is 72.0 cm³/mol. The van der Waals surface area contributed by atoms with E-state index in [1.165, 1.54) is 0 Å². The van der Waals surface area contributed by atoms with E-state index < -0.39 is 6.04 Å². The van der Waals surface area contributed by atoms with E-state index in [0.29, 0.717) is 13.0 Å². The predicted octanol–water partition coefficient (Wildman–Crippen LogP) is 1.71. The summed E-state index contributed by atoms with van der Waals surface area (Å²) in [6.07, 6.45) is 2.93. The number of hydrogen-bond donors (Lipinski definition) is 1. The Balaban J connectivity index is 2.96. The van der Waals surface area contributed by atoms with E-state index in [4.69, 9.17) is 0 Å². The van der Waals surface area contributed by atoms with Crippen LogP contribution in [0.3, 0.4) is 0 Å². The number of carbonyl (C=O) groups excluding carboxylic acids is 2. The quantitative estimate of drug-likeness (QED) is 0.777. The van der Waals surface area contributed by atoms with Gasteiger partial charge in [0.1, 0.15) is 6.04 Å². The van der Waals surface area contributed by atoms with Crippen molar-refractivity contribution < 1.29 is 9.59 Å². The topological polar surface area (TPSA) is 49.4 Å².